The zero-order valence-electron chi connectivity index (χ0n) is 18.9. The third-order valence-electron chi connectivity index (χ3n) is 9.62. The molecular formula is C23H31Br2FO7. The monoisotopic (exact) mass is 596 g/mol. The van der Waals surface area contributed by atoms with Crippen molar-refractivity contribution in [2.45, 2.75) is 86.0 Å². The Morgan fingerprint density at radius 2 is 1.85 bits per heavy atom. The minimum Gasteiger partial charge on any atom is -0.458 e. The molecule has 10 heteroatoms. The van der Waals surface area contributed by atoms with E-state index in [0.29, 0.717) is 6.42 Å². The Bertz CT molecular complexity index is 898. The molecule has 0 bridgehead atoms. The van der Waals surface area contributed by atoms with Gasteiger partial charge in [-0.15, -0.1) is 0 Å². The molecule has 4 aliphatic rings. The Morgan fingerprint density at radius 3 is 2.45 bits per heavy atom. The molecule has 4 fully saturated rings. The van der Waals surface area contributed by atoms with Gasteiger partial charge in [-0.2, -0.15) is 0 Å². The first-order valence-electron chi connectivity index (χ1n) is 11.4. The quantitative estimate of drug-likeness (QED) is 0.338. The van der Waals surface area contributed by atoms with Crippen molar-refractivity contribution in [3.8, 4) is 0 Å². The number of halogens is 3. The van der Waals surface area contributed by atoms with Crippen molar-refractivity contribution >= 4 is 49.4 Å². The SMILES string of the molecule is CC(=O)OCC(=O)[C@@]1(O)CC[C@H]2[C@@H]3C[C@@H](F)[C@@]4(O)CC(=O)C(Br)(Br)C[C@]4(C)[C@H]3[C@H](O)C[C@@]21C. The second kappa shape index (κ2) is 7.79. The largest absolute Gasteiger partial charge is 0.458 e. The van der Waals surface area contributed by atoms with Gasteiger partial charge < -0.3 is 20.1 Å². The molecule has 186 valence electrons. The lowest BCUT2D eigenvalue weighted by Crippen LogP contribution is -2.72. The van der Waals surface area contributed by atoms with Gasteiger partial charge in [0.15, 0.2) is 12.4 Å². The van der Waals surface area contributed by atoms with Gasteiger partial charge in [-0.1, -0.05) is 45.7 Å². The van der Waals surface area contributed by atoms with Crippen molar-refractivity contribution in [1.29, 1.82) is 0 Å². The average Bonchev–Trinajstić information content (AvgIpc) is 2.95. The summed E-state index contributed by atoms with van der Waals surface area (Å²) in [6, 6.07) is 0. The van der Waals surface area contributed by atoms with Crippen molar-refractivity contribution in [2.24, 2.45) is 28.6 Å². The zero-order valence-corrected chi connectivity index (χ0v) is 22.1. The van der Waals surface area contributed by atoms with E-state index >= 15 is 4.39 Å². The van der Waals surface area contributed by atoms with Crippen LogP contribution < -0.4 is 0 Å². The van der Waals surface area contributed by atoms with Crippen LogP contribution in [0.3, 0.4) is 0 Å². The van der Waals surface area contributed by atoms with Crippen LogP contribution in [-0.2, 0) is 19.1 Å². The Kier molecular flexibility index (Phi) is 6.06. The van der Waals surface area contributed by atoms with Crippen LogP contribution in [0.2, 0.25) is 0 Å². The fourth-order valence-electron chi connectivity index (χ4n) is 7.93. The first-order chi connectivity index (χ1) is 15.0. The van der Waals surface area contributed by atoms with Crippen molar-refractivity contribution in [3.05, 3.63) is 0 Å². The lowest BCUT2D eigenvalue weighted by atomic mass is 9.41. The van der Waals surface area contributed by atoms with E-state index < -0.39 is 67.7 Å². The van der Waals surface area contributed by atoms with E-state index in [-0.39, 0.29) is 43.8 Å². The molecule has 3 N–H and O–H groups in total. The summed E-state index contributed by atoms with van der Waals surface area (Å²) in [4.78, 5) is 36.8. The molecular weight excluding hydrogens is 567 g/mol. The van der Waals surface area contributed by atoms with Crippen molar-refractivity contribution < 1.29 is 38.8 Å². The maximum atomic E-state index is 15.7. The minimum absolute atomic E-state index is 0.0624. The summed E-state index contributed by atoms with van der Waals surface area (Å²) in [5.41, 5.74) is -5.89. The summed E-state index contributed by atoms with van der Waals surface area (Å²) < 4.78 is 19.4. The molecule has 0 unspecified atom stereocenters. The highest BCUT2D eigenvalue weighted by Crippen LogP contribution is 2.70. The summed E-state index contributed by atoms with van der Waals surface area (Å²) in [5.74, 6) is -2.80. The predicted molar refractivity (Wildman–Crippen MR) is 122 cm³/mol. The molecule has 0 spiro atoms. The van der Waals surface area contributed by atoms with Gasteiger partial charge in [-0.05, 0) is 49.9 Å². The van der Waals surface area contributed by atoms with Gasteiger partial charge in [-0.3, -0.25) is 14.4 Å². The molecule has 4 rings (SSSR count). The average molecular weight is 598 g/mol. The number of carbonyl (C=O) groups excluding carboxylic acids is 3. The number of aliphatic hydroxyl groups excluding tert-OH is 1. The summed E-state index contributed by atoms with van der Waals surface area (Å²) in [6.07, 6.45) is -2.42. The lowest BCUT2D eigenvalue weighted by molar-refractivity contribution is -0.261. The Balaban J connectivity index is 1.72. The summed E-state index contributed by atoms with van der Waals surface area (Å²) >= 11 is 6.79. The molecule has 0 heterocycles. The van der Waals surface area contributed by atoms with E-state index in [0.717, 1.165) is 0 Å². The van der Waals surface area contributed by atoms with E-state index in [1.807, 2.05) is 0 Å². The van der Waals surface area contributed by atoms with Gasteiger partial charge in [0.1, 0.15) is 20.6 Å². The first-order valence-corrected chi connectivity index (χ1v) is 13.0. The van der Waals surface area contributed by atoms with E-state index in [4.69, 9.17) is 4.74 Å². The van der Waals surface area contributed by atoms with Gasteiger partial charge >= 0.3 is 5.97 Å². The molecule has 0 aromatic heterocycles. The molecule has 4 saturated carbocycles. The fourth-order valence-corrected chi connectivity index (χ4v) is 9.37. The molecule has 0 aromatic carbocycles. The number of fused-ring (bicyclic) bond motifs is 5. The Labute approximate surface area is 209 Å². The van der Waals surface area contributed by atoms with Crippen LogP contribution >= 0.6 is 31.9 Å². The third-order valence-corrected chi connectivity index (χ3v) is 11.1. The second-order valence-electron chi connectivity index (χ2n) is 11.1. The minimum atomic E-state index is -1.91. The summed E-state index contributed by atoms with van der Waals surface area (Å²) in [7, 11) is 0. The Morgan fingerprint density at radius 1 is 1.21 bits per heavy atom. The van der Waals surface area contributed by atoms with E-state index in [2.05, 4.69) is 31.9 Å². The first kappa shape index (κ1) is 25.7. The van der Waals surface area contributed by atoms with Crippen LogP contribution in [0.25, 0.3) is 0 Å². The zero-order chi connectivity index (χ0) is 24.8. The summed E-state index contributed by atoms with van der Waals surface area (Å²) in [6.45, 7) is 4.10. The van der Waals surface area contributed by atoms with Gasteiger partial charge in [0.05, 0.1) is 6.10 Å². The number of hydrogen-bond donors (Lipinski definition) is 3. The number of rotatable bonds is 3. The Hall–Kier alpha value is -0.420. The number of ether oxygens (including phenoxy) is 1. The number of esters is 1. The van der Waals surface area contributed by atoms with E-state index in [9.17, 15) is 29.7 Å². The van der Waals surface area contributed by atoms with Crippen molar-refractivity contribution in [3.63, 3.8) is 0 Å². The highest BCUT2D eigenvalue weighted by atomic mass is 79.9. The van der Waals surface area contributed by atoms with Gasteiger partial charge in [-0.25, -0.2) is 4.39 Å². The topological polar surface area (TPSA) is 121 Å². The summed E-state index contributed by atoms with van der Waals surface area (Å²) in [5, 5.41) is 34.4. The van der Waals surface area contributed by atoms with E-state index in [1.165, 1.54) is 6.92 Å². The third kappa shape index (κ3) is 3.37. The lowest BCUT2D eigenvalue weighted by Gasteiger charge is -2.66. The number of Topliss-reactive ketones (excluding diaryl/α,β-unsaturated/α-hetero) is 2. The van der Waals surface area contributed by atoms with Gasteiger partial charge in [0.2, 0.25) is 5.78 Å². The normalized spacial score (nSPS) is 50.7. The number of aliphatic hydroxyl groups is 3. The maximum absolute atomic E-state index is 15.7. The maximum Gasteiger partial charge on any atom is 0.303 e. The molecule has 0 aromatic rings. The van der Waals surface area contributed by atoms with Crippen LogP contribution in [-0.4, -0.2) is 66.2 Å². The highest BCUT2D eigenvalue weighted by Gasteiger charge is 2.74. The van der Waals surface area contributed by atoms with Crippen molar-refractivity contribution in [2.75, 3.05) is 6.61 Å². The van der Waals surface area contributed by atoms with Crippen LogP contribution in [0, 0.1) is 28.6 Å². The molecule has 0 amide bonds. The number of carbonyl (C=O) groups is 3. The molecule has 0 saturated heterocycles. The number of hydrogen-bond acceptors (Lipinski definition) is 7. The van der Waals surface area contributed by atoms with Crippen LogP contribution in [0.15, 0.2) is 0 Å². The van der Waals surface area contributed by atoms with Gasteiger partial charge in [0.25, 0.3) is 0 Å². The molecule has 0 radical (unpaired) electrons. The molecule has 0 aliphatic heterocycles. The van der Waals surface area contributed by atoms with Crippen molar-refractivity contribution in [1.82, 2.24) is 0 Å². The van der Waals surface area contributed by atoms with E-state index in [1.54, 1.807) is 13.8 Å². The molecule has 7 nitrogen and oxygen atoms in total. The standard InChI is InChI=1S/C23H31Br2FO7/c1-11(27)33-9-17(30)21(31)5-4-13-12-6-15(26)22(32)8-16(29)23(24,25)10-20(22,3)18(12)14(28)7-19(13,21)2/h12-15,18,28,31-32H,4-10H2,1-3H3/t12-,13-,14+,15+,18+,19-,20+,21-,22-/m0/s1. The van der Waals surface area contributed by atoms with Crippen LogP contribution in [0.1, 0.15) is 59.3 Å². The van der Waals surface area contributed by atoms with Gasteiger partial charge in [0, 0.05) is 24.2 Å². The second-order valence-corrected chi connectivity index (χ2v) is 14.9. The van der Waals surface area contributed by atoms with Crippen LogP contribution in [0.5, 0.6) is 0 Å². The highest BCUT2D eigenvalue weighted by molar-refractivity contribution is 9.25. The number of alkyl halides is 3. The number of ketones is 2. The van der Waals surface area contributed by atoms with Crippen LogP contribution in [0.4, 0.5) is 4.39 Å². The smallest absolute Gasteiger partial charge is 0.303 e. The molecule has 33 heavy (non-hydrogen) atoms. The molecule has 9 atom stereocenters. The fraction of sp³-hybridized carbons (Fsp3) is 0.870. The predicted octanol–water partition coefficient (Wildman–Crippen LogP) is 2.59. The molecule has 4 aliphatic carbocycles.